The van der Waals surface area contributed by atoms with Gasteiger partial charge in [-0.3, -0.25) is 0 Å². The molecule has 0 aromatic carbocycles. The minimum absolute atomic E-state index is 0.266. The van der Waals surface area contributed by atoms with Gasteiger partial charge in [0, 0.05) is 73.5 Å². The maximum Gasteiger partial charge on any atom is 0.0372 e. The summed E-state index contributed by atoms with van der Waals surface area (Å²) in [7, 11) is -12.9. The fourth-order valence-corrected chi connectivity index (χ4v) is 365. The van der Waals surface area contributed by atoms with Crippen LogP contribution in [0.15, 0.2) is 0 Å². The van der Waals surface area contributed by atoms with Gasteiger partial charge >= 0.3 is 0 Å². The fraction of sp³-hybridized carbons (Fsp3) is 1.00. The van der Waals surface area contributed by atoms with Gasteiger partial charge in [0.25, 0.3) is 0 Å². The molecule has 0 aliphatic rings. The molecule has 0 aromatic heterocycles. The van der Waals surface area contributed by atoms with Gasteiger partial charge in [-0.05, 0) is 0 Å². The quantitative estimate of drug-likeness (QED) is 0.0658. The second-order valence-corrected chi connectivity index (χ2v) is 113. The Balaban J connectivity index is 9.49. The van der Waals surface area contributed by atoms with E-state index in [2.05, 4.69) is 138 Å². The molecule has 0 aliphatic carbocycles. The molecule has 0 bridgehead atoms. The Morgan fingerprint density at radius 2 is 0.340 bits per heavy atom. The van der Waals surface area contributed by atoms with Crippen molar-refractivity contribution in [2.24, 2.45) is 0 Å². The SMILES string of the molecule is CC[Si](CC)[Si](CC)(CC)[Si](CC)(CC)[Si](CC)(CC)[Si](CC)(CC)[Si](CC)(CC)[Si](CC)(CC)[Si](CC)(CC)[Si](CC)(CC)[Si](CC)CC. The first-order valence-corrected chi connectivity index (χ1v) is 55.6. The van der Waals surface area contributed by atoms with Gasteiger partial charge in [-0.25, -0.2) is 0 Å². The zero-order chi connectivity index (χ0) is 39.3. The van der Waals surface area contributed by atoms with Crippen molar-refractivity contribution < 1.29 is 0 Å². The van der Waals surface area contributed by atoms with Crippen LogP contribution in [0.25, 0.3) is 0 Å². The van der Waals surface area contributed by atoms with Crippen LogP contribution in [0.3, 0.4) is 0 Å². The Morgan fingerprint density at radius 3 is 0.440 bits per heavy atom. The molecule has 0 aromatic rings. The van der Waals surface area contributed by atoms with Gasteiger partial charge in [0.1, 0.15) is 0 Å². The van der Waals surface area contributed by atoms with Crippen LogP contribution in [0.4, 0.5) is 0 Å². The summed E-state index contributed by atoms with van der Waals surface area (Å²) in [6.07, 6.45) is 0. The molecule has 300 valence electrons. The van der Waals surface area contributed by atoms with Crippen molar-refractivity contribution in [2.75, 3.05) is 0 Å². The summed E-state index contributed by atoms with van der Waals surface area (Å²) >= 11 is 0. The first kappa shape index (κ1) is 52.2. The molecule has 0 unspecified atom stereocenters. The Hall–Kier alpha value is 2.17. The molecule has 0 heterocycles. The summed E-state index contributed by atoms with van der Waals surface area (Å²) in [6, 6.07) is 33.5. The molecule has 0 saturated heterocycles. The van der Waals surface area contributed by atoms with Crippen LogP contribution in [-0.4, -0.2) is 73.5 Å². The predicted octanol–water partition coefficient (Wildman–Crippen LogP) is 15.7. The molecule has 0 aliphatic heterocycles. The Bertz CT molecular complexity index is 825. The van der Waals surface area contributed by atoms with Gasteiger partial charge in [0.15, 0.2) is 0 Å². The van der Waals surface area contributed by atoms with Crippen molar-refractivity contribution >= 4 is 73.5 Å². The second-order valence-electron chi connectivity index (χ2n) is 16.9. The summed E-state index contributed by atoms with van der Waals surface area (Å²) in [5.41, 5.74) is 0. The highest BCUT2D eigenvalue weighted by atomic mass is 30.1. The first-order valence-electron chi connectivity index (χ1n) is 23.5. The van der Waals surface area contributed by atoms with Crippen molar-refractivity contribution in [3.8, 4) is 0 Å². The molecule has 50 heavy (non-hydrogen) atoms. The zero-order valence-corrected chi connectivity index (χ0v) is 49.1. The molecular formula is C40H100Si10. The lowest BCUT2D eigenvalue weighted by atomic mass is 10.9. The van der Waals surface area contributed by atoms with E-state index in [4.69, 9.17) is 0 Å². The van der Waals surface area contributed by atoms with Crippen molar-refractivity contribution in [3.05, 3.63) is 0 Å². The Labute approximate surface area is 330 Å². The second kappa shape index (κ2) is 22.2. The molecule has 0 nitrogen and oxygen atoms in total. The average molecular weight is 862 g/mol. The van der Waals surface area contributed by atoms with Crippen molar-refractivity contribution in [3.63, 3.8) is 0 Å². The Morgan fingerprint density at radius 1 is 0.200 bits per heavy atom. The fourth-order valence-electron chi connectivity index (χ4n) is 17.8. The molecule has 0 saturated carbocycles. The van der Waals surface area contributed by atoms with E-state index in [1.807, 2.05) is 0 Å². The zero-order valence-electron chi connectivity index (χ0n) is 39.1. The molecule has 2 radical (unpaired) electrons. The van der Waals surface area contributed by atoms with Gasteiger partial charge in [-0.1, -0.05) is 259 Å². The molecule has 0 fully saturated rings. The number of hydrogen-bond acceptors (Lipinski definition) is 0. The average Bonchev–Trinajstić information content (AvgIpc) is 3.17. The molecule has 0 N–H and O–H groups in total. The van der Waals surface area contributed by atoms with Crippen LogP contribution >= 0.6 is 0 Å². The van der Waals surface area contributed by atoms with Crippen LogP contribution in [0.1, 0.15) is 138 Å². The third-order valence-electron chi connectivity index (χ3n) is 19.1. The van der Waals surface area contributed by atoms with Crippen LogP contribution in [0.2, 0.25) is 121 Å². The third kappa shape index (κ3) is 6.84. The van der Waals surface area contributed by atoms with Crippen molar-refractivity contribution in [2.45, 2.75) is 259 Å². The standard InChI is InChI=1S/C40H100Si10/c1-21-41(22-2)43(25-5,26-6)45(29-9,30-10)47(33-13,34-14)49(37-17,38-18)50(39-19,40-20)48(35-15,36-16)46(31-11,32-12)44(27-7,28-8)42(23-3)24-4/h21-40H2,1-20H3. The number of hydrogen-bond donors (Lipinski definition) is 0. The smallest absolute Gasteiger partial charge is 0.0372 e. The summed E-state index contributed by atoms with van der Waals surface area (Å²) in [6.45, 7) is 56.8. The highest BCUT2D eigenvalue weighted by Crippen LogP contribution is 2.60. The predicted molar refractivity (Wildman–Crippen MR) is 267 cm³/mol. The van der Waals surface area contributed by atoms with Gasteiger partial charge in [0.05, 0.1) is 0 Å². The van der Waals surface area contributed by atoms with Crippen LogP contribution in [0.5, 0.6) is 0 Å². The molecule has 0 spiro atoms. The lowest BCUT2D eigenvalue weighted by Gasteiger charge is -2.75. The molecule has 0 atom stereocenters. The van der Waals surface area contributed by atoms with Gasteiger partial charge in [-0.15, -0.1) is 0 Å². The van der Waals surface area contributed by atoms with Crippen LogP contribution in [-0.2, 0) is 0 Å². The van der Waals surface area contributed by atoms with E-state index in [0.717, 1.165) is 0 Å². The molecular weight excluding hydrogens is 761 g/mol. The maximum atomic E-state index is 2.93. The summed E-state index contributed by atoms with van der Waals surface area (Å²) in [4.78, 5) is 0. The van der Waals surface area contributed by atoms with Gasteiger partial charge in [0.2, 0.25) is 0 Å². The van der Waals surface area contributed by atoms with E-state index in [1.165, 1.54) is 0 Å². The first-order chi connectivity index (χ1) is 23.8. The lowest BCUT2D eigenvalue weighted by Crippen LogP contribution is -2.99. The van der Waals surface area contributed by atoms with E-state index in [9.17, 15) is 0 Å². The molecule has 10 heteroatoms. The summed E-state index contributed by atoms with van der Waals surface area (Å²) in [5, 5.41) is 0. The van der Waals surface area contributed by atoms with Gasteiger partial charge < -0.3 is 0 Å². The highest BCUT2D eigenvalue weighted by molar-refractivity contribution is 8.07. The lowest BCUT2D eigenvalue weighted by molar-refractivity contribution is 1.18. The maximum absolute atomic E-state index is 2.93. The highest BCUT2D eigenvalue weighted by Gasteiger charge is 2.79. The van der Waals surface area contributed by atoms with E-state index in [1.54, 1.807) is 121 Å². The normalized spacial score (nSPS) is 14.8. The van der Waals surface area contributed by atoms with E-state index in [0.29, 0.717) is 0 Å². The topological polar surface area (TPSA) is 0 Å². The van der Waals surface area contributed by atoms with Crippen molar-refractivity contribution in [1.82, 2.24) is 0 Å². The monoisotopic (exact) mass is 861 g/mol. The van der Waals surface area contributed by atoms with Crippen LogP contribution < -0.4 is 0 Å². The minimum atomic E-state index is -1.65. The summed E-state index contributed by atoms with van der Waals surface area (Å²) in [5.74, 6) is 0. The number of rotatable bonds is 29. The molecule has 0 amide bonds. The van der Waals surface area contributed by atoms with E-state index in [-0.39, 0.29) is 16.6 Å². The summed E-state index contributed by atoms with van der Waals surface area (Å²) < 4.78 is 0. The largest absolute Gasteiger partial charge is 0.0682 e. The van der Waals surface area contributed by atoms with E-state index >= 15 is 0 Å². The van der Waals surface area contributed by atoms with Crippen molar-refractivity contribution in [1.29, 1.82) is 0 Å². The third-order valence-corrected chi connectivity index (χ3v) is 225. The van der Waals surface area contributed by atoms with E-state index < -0.39 is 56.9 Å². The minimum Gasteiger partial charge on any atom is -0.0682 e. The van der Waals surface area contributed by atoms with Gasteiger partial charge in [-0.2, -0.15) is 0 Å². The van der Waals surface area contributed by atoms with Crippen LogP contribution in [0, 0.1) is 0 Å². The molecule has 0 rings (SSSR count). The Kier molecular flexibility index (Phi) is 23.2.